The fourth-order valence-electron chi connectivity index (χ4n) is 2.42. The van der Waals surface area contributed by atoms with Crippen LogP contribution in [0, 0.1) is 5.41 Å². The van der Waals surface area contributed by atoms with Gasteiger partial charge < -0.3 is 10.6 Å². The fraction of sp³-hybridized carbons (Fsp3) is 0.533. The number of carbonyl (C=O) groups excluding carboxylic acids is 1. The Hall–Kier alpha value is -1.35. The molecule has 1 aromatic rings. The number of carbonyl (C=O) groups is 1. The highest BCUT2D eigenvalue weighted by Crippen LogP contribution is 2.33. The van der Waals surface area contributed by atoms with Crippen LogP contribution in [0.3, 0.4) is 0 Å². The monoisotopic (exact) mass is 246 g/mol. The Bertz CT molecular complexity index is 462. The number of amides is 1. The lowest BCUT2D eigenvalue weighted by Crippen LogP contribution is -2.52. The minimum Gasteiger partial charge on any atom is -0.319 e. The molecule has 0 saturated heterocycles. The Labute approximate surface area is 109 Å². The second kappa shape index (κ2) is 4.39. The second-order valence-corrected chi connectivity index (χ2v) is 6.23. The average molecular weight is 246 g/mol. The van der Waals surface area contributed by atoms with Crippen LogP contribution in [0.25, 0.3) is 0 Å². The molecular weight excluding hydrogens is 224 g/mol. The van der Waals surface area contributed by atoms with Gasteiger partial charge in [0.1, 0.15) is 0 Å². The van der Waals surface area contributed by atoms with Gasteiger partial charge >= 0.3 is 0 Å². The number of rotatable bonds is 1. The third kappa shape index (κ3) is 2.15. The van der Waals surface area contributed by atoms with E-state index < -0.39 is 6.04 Å². The number of fused-ring (bicyclic) bond motifs is 1. The van der Waals surface area contributed by atoms with Gasteiger partial charge in [-0.2, -0.15) is 0 Å². The molecule has 0 bridgehead atoms. The van der Waals surface area contributed by atoms with E-state index in [4.69, 9.17) is 5.73 Å². The first kappa shape index (κ1) is 13.1. The van der Waals surface area contributed by atoms with Gasteiger partial charge in [0, 0.05) is 11.7 Å². The molecular formula is C15H22N2O. The maximum atomic E-state index is 12.6. The van der Waals surface area contributed by atoms with E-state index in [9.17, 15) is 4.79 Å². The lowest BCUT2D eigenvalue weighted by atomic mass is 9.86. The number of para-hydroxylation sites is 1. The van der Waals surface area contributed by atoms with Crippen LogP contribution in [0.1, 0.15) is 33.3 Å². The minimum absolute atomic E-state index is 0.0277. The van der Waals surface area contributed by atoms with Crippen molar-refractivity contribution in [1.29, 1.82) is 0 Å². The van der Waals surface area contributed by atoms with Crippen molar-refractivity contribution in [1.82, 2.24) is 0 Å². The Balaban J connectivity index is 2.32. The molecule has 0 fully saturated rings. The van der Waals surface area contributed by atoms with Crippen LogP contribution < -0.4 is 10.6 Å². The van der Waals surface area contributed by atoms with Crippen LogP contribution >= 0.6 is 0 Å². The molecule has 2 N–H and O–H groups in total. The van der Waals surface area contributed by atoms with E-state index in [1.165, 1.54) is 5.56 Å². The third-order valence-corrected chi connectivity index (χ3v) is 3.64. The Morgan fingerprint density at radius 1 is 1.39 bits per heavy atom. The molecule has 0 saturated carbocycles. The van der Waals surface area contributed by atoms with Crippen LogP contribution in [0.15, 0.2) is 24.3 Å². The van der Waals surface area contributed by atoms with Crippen molar-refractivity contribution in [3.8, 4) is 0 Å². The van der Waals surface area contributed by atoms with Crippen LogP contribution in [0.4, 0.5) is 5.69 Å². The molecule has 0 radical (unpaired) electrons. The normalized spacial score (nSPS) is 20.7. The summed E-state index contributed by atoms with van der Waals surface area (Å²) in [7, 11) is 0. The summed E-state index contributed by atoms with van der Waals surface area (Å²) in [6.45, 7) is 8.08. The molecule has 3 heteroatoms. The van der Waals surface area contributed by atoms with Gasteiger partial charge in [-0.15, -0.1) is 0 Å². The van der Waals surface area contributed by atoms with Crippen molar-refractivity contribution in [3.63, 3.8) is 0 Å². The van der Waals surface area contributed by atoms with Gasteiger partial charge in [-0.1, -0.05) is 39.0 Å². The van der Waals surface area contributed by atoms with E-state index in [1.807, 2.05) is 43.9 Å². The van der Waals surface area contributed by atoms with Gasteiger partial charge in [0.2, 0.25) is 5.91 Å². The topological polar surface area (TPSA) is 46.3 Å². The highest BCUT2D eigenvalue weighted by molar-refractivity contribution is 5.99. The zero-order chi connectivity index (χ0) is 13.5. The van der Waals surface area contributed by atoms with Crippen LogP contribution in [-0.4, -0.2) is 18.0 Å². The Morgan fingerprint density at radius 3 is 2.61 bits per heavy atom. The molecule has 1 unspecified atom stereocenters. The number of nitrogens with zero attached hydrogens (tertiary/aromatic N) is 1. The zero-order valence-electron chi connectivity index (χ0n) is 11.6. The fourth-order valence-corrected chi connectivity index (χ4v) is 2.42. The number of benzene rings is 1. The average Bonchev–Trinajstić information content (AvgIpc) is 2.61. The lowest BCUT2D eigenvalue weighted by Gasteiger charge is -2.32. The van der Waals surface area contributed by atoms with Crippen LogP contribution in [-0.2, 0) is 11.2 Å². The maximum absolute atomic E-state index is 12.6. The number of anilines is 1. The van der Waals surface area contributed by atoms with Crippen LogP contribution in [0.2, 0.25) is 0 Å². The summed E-state index contributed by atoms with van der Waals surface area (Å²) in [6, 6.07) is 7.81. The van der Waals surface area contributed by atoms with E-state index in [-0.39, 0.29) is 17.4 Å². The molecule has 0 spiro atoms. The largest absolute Gasteiger partial charge is 0.319 e. The standard InChI is InChI=1S/C15H22N2O/c1-10-9-11-7-5-6-8-12(11)17(10)14(18)13(16)15(2,3)4/h5-8,10,13H,9,16H2,1-4H3/t10?,13-/m1/s1. The molecule has 18 heavy (non-hydrogen) atoms. The van der Waals surface area contributed by atoms with Crippen molar-refractivity contribution in [2.24, 2.45) is 11.1 Å². The SMILES string of the molecule is CC1Cc2ccccc2N1C(=O)[C@@H](N)C(C)(C)C. The van der Waals surface area contributed by atoms with Crippen LogP contribution in [0.5, 0.6) is 0 Å². The van der Waals surface area contributed by atoms with Gasteiger partial charge in [-0.05, 0) is 30.4 Å². The molecule has 1 heterocycles. The van der Waals surface area contributed by atoms with Crippen molar-refractivity contribution in [2.45, 2.75) is 46.2 Å². The number of nitrogens with two attached hydrogens (primary N) is 1. The highest BCUT2D eigenvalue weighted by Gasteiger charge is 2.37. The zero-order valence-corrected chi connectivity index (χ0v) is 11.6. The lowest BCUT2D eigenvalue weighted by molar-refractivity contribution is -0.122. The first-order chi connectivity index (χ1) is 8.32. The molecule has 0 aliphatic carbocycles. The quantitative estimate of drug-likeness (QED) is 0.826. The van der Waals surface area contributed by atoms with E-state index in [1.54, 1.807) is 0 Å². The van der Waals surface area contributed by atoms with Gasteiger partial charge in [0.05, 0.1) is 6.04 Å². The molecule has 2 atom stereocenters. The molecule has 1 amide bonds. The predicted molar refractivity (Wildman–Crippen MR) is 74.5 cm³/mol. The minimum atomic E-state index is -0.467. The predicted octanol–water partition coefficient (Wildman–Crippen LogP) is 2.34. The first-order valence-electron chi connectivity index (χ1n) is 6.49. The molecule has 1 aliphatic rings. The summed E-state index contributed by atoms with van der Waals surface area (Å²) in [5.41, 5.74) is 8.15. The molecule has 98 valence electrons. The molecule has 2 rings (SSSR count). The van der Waals surface area contributed by atoms with Crippen molar-refractivity contribution < 1.29 is 4.79 Å². The van der Waals surface area contributed by atoms with E-state index >= 15 is 0 Å². The van der Waals surface area contributed by atoms with Crippen molar-refractivity contribution in [3.05, 3.63) is 29.8 Å². The van der Waals surface area contributed by atoms with Gasteiger partial charge in [0.25, 0.3) is 0 Å². The van der Waals surface area contributed by atoms with Gasteiger partial charge in [-0.3, -0.25) is 4.79 Å². The number of hydrogen-bond donors (Lipinski definition) is 1. The van der Waals surface area contributed by atoms with Crippen molar-refractivity contribution in [2.75, 3.05) is 4.90 Å². The molecule has 0 aromatic heterocycles. The van der Waals surface area contributed by atoms with E-state index in [0.29, 0.717) is 0 Å². The number of hydrogen-bond acceptors (Lipinski definition) is 2. The summed E-state index contributed by atoms with van der Waals surface area (Å²) in [5, 5.41) is 0. The van der Waals surface area contributed by atoms with E-state index in [2.05, 4.69) is 13.0 Å². The Morgan fingerprint density at radius 2 is 2.00 bits per heavy atom. The molecule has 1 aromatic carbocycles. The smallest absolute Gasteiger partial charge is 0.244 e. The molecule has 1 aliphatic heterocycles. The summed E-state index contributed by atoms with van der Waals surface area (Å²) in [4.78, 5) is 14.4. The summed E-state index contributed by atoms with van der Waals surface area (Å²) in [5.74, 6) is 0.0277. The Kier molecular flexibility index (Phi) is 3.20. The highest BCUT2D eigenvalue weighted by atomic mass is 16.2. The van der Waals surface area contributed by atoms with Crippen molar-refractivity contribution >= 4 is 11.6 Å². The second-order valence-electron chi connectivity index (χ2n) is 6.23. The maximum Gasteiger partial charge on any atom is 0.244 e. The third-order valence-electron chi connectivity index (χ3n) is 3.64. The first-order valence-corrected chi connectivity index (χ1v) is 6.49. The summed E-state index contributed by atoms with van der Waals surface area (Å²) in [6.07, 6.45) is 0.915. The van der Waals surface area contributed by atoms with E-state index in [0.717, 1.165) is 12.1 Å². The van der Waals surface area contributed by atoms with Gasteiger partial charge in [-0.25, -0.2) is 0 Å². The molecule has 3 nitrogen and oxygen atoms in total. The summed E-state index contributed by atoms with van der Waals surface area (Å²) >= 11 is 0. The van der Waals surface area contributed by atoms with Gasteiger partial charge in [0.15, 0.2) is 0 Å². The summed E-state index contributed by atoms with van der Waals surface area (Å²) < 4.78 is 0.